The van der Waals surface area contributed by atoms with E-state index in [9.17, 15) is 13.6 Å². The molecule has 1 rings (SSSR count). The number of hydrogen-bond acceptors (Lipinski definition) is 2. The number of rotatable bonds is 1. The molecule has 2 nitrogen and oxygen atoms in total. The topological polar surface area (TPSA) is 26.3 Å². The number of methoxy groups -OCH3 is 1. The van der Waals surface area contributed by atoms with Crippen LogP contribution in [0.1, 0.15) is 19.8 Å². The van der Waals surface area contributed by atoms with Gasteiger partial charge < -0.3 is 4.74 Å². The molecule has 0 saturated heterocycles. The summed E-state index contributed by atoms with van der Waals surface area (Å²) in [6.07, 6.45) is -0.765. The summed E-state index contributed by atoms with van der Waals surface area (Å²) in [6, 6.07) is 0. The molecule has 0 unspecified atom stereocenters. The molecule has 0 spiro atoms. The molecule has 0 amide bonds. The first-order chi connectivity index (χ1) is 4.90. The minimum atomic E-state index is -2.66. The molecule has 0 aliphatic heterocycles. The van der Waals surface area contributed by atoms with Crippen molar-refractivity contribution in [3.05, 3.63) is 0 Å². The van der Waals surface area contributed by atoms with E-state index in [-0.39, 0.29) is 12.8 Å². The molecule has 0 N–H and O–H groups in total. The van der Waals surface area contributed by atoms with Crippen molar-refractivity contribution >= 4 is 5.97 Å². The van der Waals surface area contributed by atoms with Crippen molar-refractivity contribution in [2.75, 3.05) is 7.11 Å². The number of carbonyl (C=O) groups excluding carboxylic acids is 1. The molecule has 11 heavy (non-hydrogen) atoms. The number of ether oxygens (including phenoxy) is 1. The maximum Gasteiger partial charge on any atom is 0.311 e. The fourth-order valence-corrected chi connectivity index (χ4v) is 1.48. The molecule has 1 saturated carbocycles. The van der Waals surface area contributed by atoms with E-state index in [0.29, 0.717) is 0 Å². The Labute approximate surface area is 63.5 Å². The van der Waals surface area contributed by atoms with Gasteiger partial charge in [0, 0.05) is 12.8 Å². The number of halogens is 2. The molecule has 4 heteroatoms. The van der Waals surface area contributed by atoms with Gasteiger partial charge in [-0.05, 0) is 6.92 Å². The standard InChI is InChI=1S/C7H10F2O2/c1-6(5(10)11-2)3-7(8,9)4-6/h3-4H2,1-2H3. The van der Waals surface area contributed by atoms with Crippen molar-refractivity contribution in [1.82, 2.24) is 0 Å². The van der Waals surface area contributed by atoms with E-state index in [2.05, 4.69) is 4.74 Å². The minimum absolute atomic E-state index is 0.382. The summed E-state index contributed by atoms with van der Waals surface area (Å²) in [4.78, 5) is 10.8. The molecule has 0 atom stereocenters. The predicted octanol–water partition coefficient (Wildman–Crippen LogP) is 1.59. The van der Waals surface area contributed by atoms with Crippen LogP contribution < -0.4 is 0 Å². The second kappa shape index (κ2) is 2.16. The van der Waals surface area contributed by atoms with Crippen molar-refractivity contribution in [2.24, 2.45) is 5.41 Å². The first kappa shape index (κ1) is 8.43. The highest BCUT2D eigenvalue weighted by molar-refractivity contribution is 5.77. The molecular formula is C7H10F2O2. The third-order valence-electron chi connectivity index (χ3n) is 1.98. The largest absolute Gasteiger partial charge is 0.469 e. The van der Waals surface area contributed by atoms with Crippen molar-refractivity contribution in [3.63, 3.8) is 0 Å². The van der Waals surface area contributed by atoms with Crippen molar-refractivity contribution in [1.29, 1.82) is 0 Å². The van der Waals surface area contributed by atoms with Crippen LogP contribution in [0.2, 0.25) is 0 Å². The third kappa shape index (κ3) is 1.34. The van der Waals surface area contributed by atoms with E-state index in [1.807, 2.05) is 0 Å². The van der Waals surface area contributed by atoms with Crippen LogP contribution in [-0.2, 0) is 9.53 Å². The molecule has 1 aliphatic carbocycles. The predicted molar refractivity (Wildman–Crippen MR) is 34.3 cm³/mol. The molecule has 1 aliphatic rings. The highest BCUT2D eigenvalue weighted by atomic mass is 19.3. The maximum atomic E-state index is 12.3. The van der Waals surface area contributed by atoms with E-state index in [1.54, 1.807) is 0 Å². The second-order valence-electron chi connectivity index (χ2n) is 3.26. The Morgan fingerprint density at radius 2 is 1.91 bits per heavy atom. The van der Waals surface area contributed by atoms with Gasteiger partial charge in [0.2, 0.25) is 5.92 Å². The van der Waals surface area contributed by atoms with Crippen LogP contribution >= 0.6 is 0 Å². The molecule has 0 radical (unpaired) electrons. The minimum Gasteiger partial charge on any atom is -0.469 e. The Morgan fingerprint density at radius 1 is 1.45 bits per heavy atom. The lowest BCUT2D eigenvalue weighted by atomic mass is 9.67. The van der Waals surface area contributed by atoms with Gasteiger partial charge >= 0.3 is 5.97 Å². The molecule has 1 fully saturated rings. The molecule has 0 bridgehead atoms. The van der Waals surface area contributed by atoms with E-state index >= 15 is 0 Å². The fourth-order valence-electron chi connectivity index (χ4n) is 1.48. The SMILES string of the molecule is COC(=O)C1(C)CC(F)(F)C1. The number of hydrogen-bond donors (Lipinski definition) is 0. The highest BCUT2D eigenvalue weighted by Gasteiger charge is 2.58. The van der Waals surface area contributed by atoms with Gasteiger partial charge in [0.15, 0.2) is 0 Å². The summed E-state index contributed by atoms with van der Waals surface area (Å²) in [5.74, 6) is -3.20. The summed E-state index contributed by atoms with van der Waals surface area (Å²) in [6.45, 7) is 1.50. The van der Waals surface area contributed by atoms with Crippen LogP contribution in [0.15, 0.2) is 0 Å². The third-order valence-corrected chi connectivity index (χ3v) is 1.98. The maximum absolute atomic E-state index is 12.3. The van der Waals surface area contributed by atoms with Crippen LogP contribution in [0.25, 0.3) is 0 Å². The van der Waals surface area contributed by atoms with Crippen molar-refractivity contribution in [3.8, 4) is 0 Å². The summed E-state index contributed by atoms with van der Waals surface area (Å²) < 4.78 is 29.0. The van der Waals surface area contributed by atoms with Gasteiger partial charge in [-0.25, -0.2) is 8.78 Å². The van der Waals surface area contributed by atoms with Crippen molar-refractivity contribution in [2.45, 2.75) is 25.7 Å². The molecular weight excluding hydrogens is 154 g/mol. The van der Waals surface area contributed by atoms with Crippen LogP contribution in [0.4, 0.5) is 8.78 Å². The molecule has 64 valence electrons. The van der Waals surface area contributed by atoms with Crippen molar-refractivity contribution < 1.29 is 18.3 Å². The van der Waals surface area contributed by atoms with E-state index < -0.39 is 17.3 Å². The highest BCUT2D eigenvalue weighted by Crippen LogP contribution is 2.52. The Hall–Kier alpha value is -0.670. The lowest BCUT2D eigenvalue weighted by molar-refractivity contribution is -0.192. The van der Waals surface area contributed by atoms with Crippen LogP contribution in [-0.4, -0.2) is 19.0 Å². The molecule has 0 aromatic rings. The summed E-state index contributed by atoms with van der Waals surface area (Å²) in [5, 5.41) is 0. The first-order valence-electron chi connectivity index (χ1n) is 3.36. The zero-order chi connectivity index (χ0) is 8.70. The van der Waals surface area contributed by atoms with Crippen LogP contribution in [0.3, 0.4) is 0 Å². The Balaban J connectivity index is 2.56. The van der Waals surface area contributed by atoms with Gasteiger partial charge in [-0.15, -0.1) is 0 Å². The average molecular weight is 164 g/mol. The van der Waals surface area contributed by atoms with Gasteiger partial charge in [0.25, 0.3) is 0 Å². The van der Waals surface area contributed by atoms with Gasteiger partial charge in [0.1, 0.15) is 0 Å². The number of alkyl halides is 2. The first-order valence-corrected chi connectivity index (χ1v) is 3.36. The smallest absolute Gasteiger partial charge is 0.311 e. The lowest BCUT2D eigenvalue weighted by Crippen LogP contribution is -2.49. The zero-order valence-corrected chi connectivity index (χ0v) is 6.49. The summed E-state index contributed by atoms with van der Waals surface area (Å²) >= 11 is 0. The molecule has 0 aromatic heterocycles. The van der Waals surface area contributed by atoms with Gasteiger partial charge in [-0.3, -0.25) is 4.79 Å². The Morgan fingerprint density at radius 3 is 2.18 bits per heavy atom. The monoisotopic (exact) mass is 164 g/mol. The quantitative estimate of drug-likeness (QED) is 0.550. The van der Waals surface area contributed by atoms with E-state index in [4.69, 9.17) is 0 Å². The Kier molecular flexibility index (Phi) is 1.65. The lowest BCUT2D eigenvalue weighted by Gasteiger charge is -2.41. The second-order valence-corrected chi connectivity index (χ2v) is 3.26. The number of esters is 1. The zero-order valence-electron chi connectivity index (χ0n) is 6.49. The van der Waals surface area contributed by atoms with Gasteiger partial charge in [-0.1, -0.05) is 0 Å². The summed E-state index contributed by atoms with van der Waals surface area (Å²) in [7, 11) is 1.21. The normalized spacial score (nSPS) is 25.5. The van der Waals surface area contributed by atoms with Gasteiger partial charge in [-0.2, -0.15) is 0 Å². The average Bonchev–Trinajstić information content (AvgIpc) is 1.81. The van der Waals surface area contributed by atoms with E-state index in [0.717, 1.165) is 0 Å². The van der Waals surface area contributed by atoms with Gasteiger partial charge in [0.05, 0.1) is 12.5 Å². The Bertz CT molecular complexity index is 181. The van der Waals surface area contributed by atoms with Crippen LogP contribution in [0.5, 0.6) is 0 Å². The molecule has 0 heterocycles. The molecule has 0 aromatic carbocycles. The fraction of sp³-hybridized carbons (Fsp3) is 0.857. The summed E-state index contributed by atoms with van der Waals surface area (Å²) in [5.41, 5.74) is -0.946. The number of carbonyl (C=O) groups is 1. The van der Waals surface area contributed by atoms with E-state index in [1.165, 1.54) is 14.0 Å². The van der Waals surface area contributed by atoms with Crippen LogP contribution in [0, 0.1) is 5.41 Å².